The summed E-state index contributed by atoms with van der Waals surface area (Å²) in [4.78, 5) is 11.9. The first-order chi connectivity index (χ1) is 23.7. The van der Waals surface area contributed by atoms with Crippen LogP contribution in [0.5, 0.6) is 11.6 Å². The Labute approximate surface area is 292 Å². The molecule has 2 fully saturated rings. The second-order valence-corrected chi connectivity index (χ2v) is 13.6. The van der Waals surface area contributed by atoms with Crippen LogP contribution in [0.3, 0.4) is 0 Å². The summed E-state index contributed by atoms with van der Waals surface area (Å²) in [5, 5.41) is 20.0. The number of halogens is 1. The molecule has 49 heavy (non-hydrogen) atoms. The van der Waals surface area contributed by atoms with Crippen LogP contribution in [0.15, 0.2) is 43.1 Å². The highest BCUT2D eigenvalue weighted by Gasteiger charge is 2.32. The lowest BCUT2D eigenvalue weighted by molar-refractivity contribution is -0.0852. The van der Waals surface area contributed by atoms with E-state index in [9.17, 15) is 0 Å². The molecule has 1 aliphatic heterocycles. The van der Waals surface area contributed by atoms with Crippen molar-refractivity contribution in [2.45, 2.75) is 103 Å². The molecule has 6 rings (SSSR count). The number of tetrazole rings is 1. The second kappa shape index (κ2) is 16.2. The van der Waals surface area contributed by atoms with Crippen LogP contribution in [-0.4, -0.2) is 102 Å². The van der Waals surface area contributed by atoms with E-state index in [1.807, 2.05) is 32.2 Å². The van der Waals surface area contributed by atoms with Crippen LogP contribution in [0.1, 0.15) is 65.8 Å². The van der Waals surface area contributed by atoms with Crippen LogP contribution in [0, 0.1) is 0 Å². The van der Waals surface area contributed by atoms with Crippen molar-refractivity contribution < 1.29 is 18.9 Å². The summed E-state index contributed by atoms with van der Waals surface area (Å²) in [5.74, 6) is 1.53. The summed E-state index contributed by atoms with van der Waals surface area (Å²) >= 11 is 6.47. The Morgan fingerprint density at radius 1 is 0.980 bits per heavy atom. The van der Waals surface area contributed by atoms with Crippen molar-refractivity contribution in [2.24, 2.45) is 0 Å². The van der Waals surface area contributed by atoms with Crippen LogP contribution in [-0.2, 0) is 16.0 Å². The van der Waals surface area contributed by atoms with Gasteiger partial charge in [0.2, 0.25) is 5.95 Å². The summed E-state index contributed by atoms with van der Waals surface area (Å²) in [7, 11) is 1.70. The molecule has 1 saturated heterocycles. The summed E-state index contributed by atoms with van der Waals surface area (Å²) in [6.45, 7) is 11.4. The zero-order chi connectivity index (χ0) is 34.3. The summed E-state index contributed by atoms with van der Waals surface area (Å²) in [6.07, 6.45) is 12.5. The van der Waals surface area contributed by atoms with Crippen LogP contribution in [0.2, 0.25) is 5.02 Å². The number of nitrogens with zero attached hydrogens (tertiary/aromatic N) is 9. The molecule has 2 aliphatic rings. The van der Waals surface area contributed by atoms with E-state index in [4.69, 9.17) is 35.6 Å². The summed E-state index contributed by atoms with van der Waals surface area (Å²) in [5.41, 5.74) is 2.43. The predicted molar refractivity (Wildman–Crippen MR) is 185 cm³/mol. The van der Waals surface area contributed by atoms with Gasteiger partial charge in [-0.15, -0.1) is 10.2 Å². The third kappa shape index (κ3) is 9.24. The van der Waals surface area contributed by atoms with Gasteiger partial charge in [0.25, 0.3) is 5.88 Å². The fraction of sp³-hybridized carbons (Fsp3) is 0.588. The molecule has 15 heteroatoms. The Morgan fingerprint density at radius 3 is 2.41 bits per heavy atom. The zero-order valence-corrected chi connectivity index (χ0v) is 29.7. The number of rotatable bonds is 14. The van der Waals surface area contributed by atoms with E-state index in [0.29, 0.717) is 47.8 Å². The van der Waals surface area contributed by atoms with Gasteiger partial charge in [0.15, 0.2) is 0 Å². The van der Waals surface area contributed by atoms with Crippen LogP contribution in [0.4, 0.5) is 11.6 Å². The van der Waals surface area contributed by atoms with E-state index in [1.165, 1.54) is 0 Å². The van der Waals surface area contributed by atoms with Crippen molar-refractivity contribution in [3.8, 4) is 22.8 Å². The average Bonchev–Trinajstić information content (AvgIpc) is 3.74. The Hall–Kier alpha value is -3.85. The Bertz CT molecular complexity index is 1600. The molecule has 4 heterocycles. The van der Waals surface area contributed by atoms with Gasteiger partial charge in [-0.2, -0.15) is 0 Å². The monoisotopic (exact) mass is 694 g/mol. The minimum atomic E-state index is -0.207. The highest BCUT2D eigenvalue weighted by atomic mass is 35.5. The first-order valence-electron chi connectivity index (χ1n) is 17.1. The normalized spacial score (nSPS) is 22.8. The fourth-order valence-corrected chi connectivity index (χ4v) is 6.85. The lowest BCUT2D eigenvalue weighted by Gasteiger charge is -2.42. The molecule has 1 N–H and O–H groups in total. The molecule has 264 valence electrons. The zero-order valence-electron chi connectivity index (χ0n) is 28.9. The lowest BCUT2D eigenvalue weighted by atomic mass is 9.89. The Morgan fingerprint density at radius 2 is 1.71 bits per heavy atom. The number of morpholine rings is 1. The molecule has 14 nitrogen and oxygen atoms in total. The van der Waals surface area contributed by atoms with Crippen molar-refractivity contribution in [3.63, 3.8) is 0 Å². The molecule has 4 atom stereocenters. The van der Waals surface area contributed by atoms with E-state index in [-0.39, 0.29) is 24.4 Å². The quantitative estimate of drug-likeness (QED) is 0.176. The third-order valence-electron chi connectivity index (χ3n) is 9.07. The molecule has 0 unspecified atom stereocenters. The SMILES string of the molecule is COCC[C@H](C)Oc1nn(C2CCC(N3C[C@@H](C)O[C@@H](C)C3)CC2)cc1Nc1ncc(-c2ccc(Cl)c(O[C@@H](C)Cn3cnnn3)c2)cn1. The van der Waals surface area contributed by atoms with Gasteiger partial charge in [-0.05, 0) is 81.5 Å². The number of hydrogen-bond acceptors (Lipinski definition) is 12. The average molecular weight is 695 g/mol. The van der Waals surface area contributed by atoms with Gasteiger partial charge in [-0.1, -0.05) is 17.7 Å². The number of hydrogen-bond donors (Lipinski definition) is 1. The van der Waals surface area contributed by atoms with Gasteiger partial charge in [-0.25, -0.2) is 14.6 Å². The maximum atomic E-state index is 6.47. The van der Waals surface area contributed by atoms with E-state index in [2.05, 4.69) is 54.2 Å². The fourth-order valence-electron chi connectivity index (χ4n) is 6.69. The minimum Gasteiger partial charge on any atom is -0.487 e. The van der Waals surface area contributed by atoms with Gasteiger partial charge in [0.05, 0.1) is 42.1 Å². The molecule has 0 amide bonds. The van der Waals surface area contributed by atoms with Crippen molar-refractivity contribution in [1.82, 2.24) is 44.9 Å². The minimum absolute atomic E-state index is 0.0786. The molecule has 0 bridgehead atoms. The first-order valence-corrected chi connectivity index (χ1v) is 17.5. The topological polar surface area (TPSA) is 139 Å². The number of ether oxygens (including phenoxy) is 4. The van der Waals surface area contributed by atoms with E-state index < -0.39 is 0 Å². The molecule has 1 aliphatic carbocycles. The van der Waals surface area contributed by atoms with Crippen LogP contribution < -0.4 is 14.8 Å². The number of aromatic nitrogens is 8. The van der Waals surface area contributed by atoms with Crippen molar-refractivity contribution in [1.29, 1.82) is 0 Å². The van der Waals surface area contributed by atoms with Gasteiger partial charge >= 0.3 is 0 Å². The smallest absolute Gasteiger partial charge is 0.257 e. The lowest BCUT2D eigenvalue weighted by Crippen LogP contribution is -2.51. The number of methoxy groups -OCH3 is 1. The van der Waals surface area contributed by atoms with Gasteiger partial charge in [0.1, 0.15) is 23.9 Å². The highest BCUT2D eigenvalue weighted by molar-refractivity contribution is 6.32. The van der Waals surface area contributed by atoms with Crippen LogP contribution in [0.25, 0.3) is 11.1 Å². The van der Waals surface area contributed by atoms with Gasteiger partial charge in [0, 0.05) is 57.2 Å². The molecular formula is C34H47ClN10O4. The predicted octanol–water partition coefficient (Wildman–Crippen LogP) is 5.59. The second-order valence-electron chi connectivity index (χ2n) is 13.2. The maximum absolute atomic E-state index is 6.47. The largest absolute Gasteiger partial charge is 0.487 e. The van der Waals surface area contributed by atoms with Crippen LogP contribution >= 0.6 is 11.6 Å². The number of nitrogens with one attached hydrogen (secondary N) is 1. The van der Waals surface area contributed by atoms with Gasteiger partial charge < -0.3 is 24.3 Å². The van der Waals surface area contributed by atoms with E-state index in [0.717, 1.165) is 62.0 Å². The molecule has 0 spiro atoms. The standard InChI is InChI=1S/C34H47ClN10O4/c1-22(12-13-46-5)49-33-31(20-45(40-33)29-9-7-28(8-10-29)43-17-23(2)47-24(3)18-43)39-34-36-15-27(16-37-34)26-6-11-30(35)32(14-26)48-25(4)19-44-21-38-41-42-44/h6,11,14-16,20-25,28-29H,7-10,12-13,17-19H2,1-5H3,(H,36,37,39)/t22-,23-,24+,25-,28?,29?/m0/s1. The molecule has 1 aromatic carbocycles. The number of benzene rings is 1. The van der Waals surface area contributed by atoms with Crippen molar-refractivity contribution >= 4 is 23.2 Å². The summed E-state index contributed by atoms with van der Waals surface area (Å²) < 4.78 is 27.4. The Balaban J connectivity index is 1.13. The molecule has 1 saturated carbocycles. The molecule has 0 radical (unpaired) electrons. The van der Waals surface area contributed by atoms with Crippen molar-refractivity contribution in [3.05, 3.63) is 48.1 Å². The Kier molecular flexibility index (Phi) is 11.6. The number of anilines is 2. The van der Waals surface area contributed by atoms with Crippen molar-refractivity contribution in [2.75, 3.05) is 32.1 Å². The first kappa shape index (κ1) is 35.0. The third-order valence-corrected chi connectivity index (χ3v) is 9.38. The summed E-state index contributed by atoms with van der Waals surface area (Å²) in [6, 6.07) is 6.48. The molecule has 3 aromatic heterocycles. The van der Waals surface area contributed by atoms with E-state index >= 15 is 0 Å². The maximum Gasteiger partial charge on any atom is 0.257 e. The van der Waals surface area contributed by atoms with E-state index in [1.54, 1.807) is 36.6 Å². The molecule has 4 aromatic rings. The highest BCUT2D eigenvalue weighted by Crippen LogP contribution is 2.36. The van der Waals surface area contributed by atoms with Gasteiger partial charge in [-0.3, -0.25) is 9.58 Å². The molecular weight excluding hydrogens is 648 g/mol.